The molecule has 5 heteroatoms. The van der Waals surface area contributed by atoms with Gasteiger partial charge in [0.25, 0.3) is 0 Å². The van der Waals surface area contributed by atoms with E-state index in [1.807, 2.05) is 4.90 Å². The van der Waals surface area contributed by atoms with Gasteiger partial charge in [0.05, 0.1) is 12.0 Å². The van der Waals surface area contributed by atoms with Gasteiger partial charge >= 0.3 is 6.18 Å². The third-order valence-electron chi connectivity index (χ3n) is 5.11. The summed E-state index contributed by atoms with van der Waals surface area (Å²) in [5, 5.41) is 8.89. The fourth-order valence-electron chi connectivity index (χ4n) is 3.42. The Morgan fingerprint density at radius 1 is 1.26 bits per heavy atom. The summed E-state index contributed by atoms with van der Waals surface area (Å²) in [5.41, 5.74) is 0.125. The molecule has 2 fully saturated rings. The molecule has 1 aliphatic carbocycles. The number of rotatable bonds is 3. The van der Waals surface area contributed by atoms with Gasteiger partial charge in [0.15, 0.2) is 0 Å². The molecule has 0 aromatic rings. The Balaban J connectivity index is 1.81. The molecule has 0 amide bonds. The third kappa shape index (κ3) is 3.05. The summed E-state index contributed by atoms with van der Waals surface area (Å²) in [6, 6.07) is 2.57. The quantitative estimate of drug-likeness (QED) is 0.784. The molecule has 108 valence electrons. The Morgan fingerprint density at radius 2 is 1.84 bits per heavy atom. The van der Waals surface area contributed by atoms with E-state index in [1.165, 1.54) is 0 Å². The summed E-state index contributed by atoms with van der Waals surface area (Å²) in [4.78, 5) is 1.98. The van der Waals surface area contributed by atoms with E-state index in [4.69, 9.17) is 5.26 Å². The van der Waals surface area contributed by atoms with Crippen LogP contribution in [0.1, 0.15) is 45.4 Å². The number of nitriles is 1. The predicted octanol–water partition coefficient (Wildman–Crippen LogP) is 3.73. The van der Waals surface area contributed by atoms with Crippen molar-refractivity contribution >= 4 is 0 Å². The fourth-order valence-corrected chi connectivity index (χ4v) is 3.42. The predicted molar refractivity (Wildman–Crippen MR) is 66.3 cm³/mol. The van der Waals surface area contributed by atoms with E-state index in [1.54, 1.807) is 0 Å². The van der Waals surface area contributed by atoms with Crippen LogP contribution in [0.3, 0.4) is 0 Å². The first-order valence-corrected chi connectivity index (χ1v) is 7.08. The van der Waals surface area contributed by atoms with Gasteiger partial charge in [-0.2, -0.15) is 18.4 Å². The Kier molecular flexibility index (Phi) is 4.10. The summed E-state index contributed by atoms with van der Waals surface area (Å²) in [6.45, 7) is 2.46. The lowest BCUT2D eigenvalue weighted by atomic mass is 9.68. The van der Waals surface area contributed by atoms with E-state index in [2.05, 4.69) is 13.0 Å². The normalized spacial score (nSPS) is 33.7. The van der Waals surface area contributed by atoms with Crippen molar-refractivity contribution in [2.45, 2.75) is 57.7 Å². The van der Waals surface area contributed by atoms with Gasteiger partial charge in [-0.05, 0) is 37.5 Å². The molecule has 2 nitrogen and oxygen atoms in total. The highest BCUT2D eigenvalue weighted by Gasteiger charge is 2.49. The Labute approximate surface area is 112 Å². The number of likely N-dealkylation sites (tertiary alicyclic amines) is 1. The zero-order valence-electron chi connectivity index (χ0n) is 11.3. The number of hydrogen-bond acceptors (Lipinski definition) is 2. The molecule has 1 heterocycles. The van der Waals surface area contributed by atoms with Crippen LogP contribution in [0.25, 0.3) is 0 Å². The van der Waals surface area contributed by atoms with Crippen LogP contribution in [0, 0.1) is 22.7 Å². The molecule has 0 unspecified atom stereocenters. The minimum Gasteiger partial charge on any atom is -0.299 e. The van der Waals surface area contributed by atoms with Gasteiger partial charge in [0.1, 0.15) is 0 Å². The lowest BCUT2D eigenvalue weighted by molar-refractivity contribution is -0.215. The standard InChI is InChI=1S/C14H21F3N2/c1-2-13(7-8-18)5-3-12(4-6-13)19-9-11(10-19)14(15,16)17/h11-12H,2-7,9-10H2,1H3/t12-,13-. The van der Waals surface area contributed by atoms with Crippen molar-refractivity contribution in [1.82, 2.24) is 4.90 Å². The summed E-state index contributed by atoms with van der Waals surface area (Å²) >= 11 is 0. The van der Waals surface area contributed by atoms with Crippen LogP contribution >= 0.6 is 0 Å². The smallest absolute Gasteiger partial charge is 0.299 e. The summed E-state index contributed by atoms with van der Waals surface area (Å²) < 4.78 is 37.4. The fraction of sp³-hybridized carbons (Fsp3) is 0.929. The maximum Gasteiger partial charge on any atom is 0.394 e. The second kappa shape index (κ2) is 5.32. The Hall–Kier alpha value is -0.760. The van der Waals surface area contributed by atoms with Crippen molar-refractivity contribution < 1.29 is 13.2 Å². The second-order valence-electron chi connectivity index (χ2n) is 6.11. The second-order valence-corrected chi connectivity index (χ2v) is 6.11. The maximum atomic E-state index is 12.5. The molecule has 0 N–H and O–H groups in total. The molecule has 19 heavy (non-hydrogen) atoms. The van der Waals surface area contributed by atoms with Crippen molar-refractivity contribution in [3.8, 4) is 6.07 Å². The van der Waals surface area contributed by atoms with E-state index in [9.17, 15) is 13.2 Å². The molecule has 2 aliphatic rings. The highest BCUT2D eigenvalue weighted by Crippen LogP contribution is 2.45. The van der Waals surface area contributed by atoms with E-state index < -0.39 is 12.1 Å². The first kappa shape index (κ1) is 14.6. The summed E-state index contributed by atoms with van der Waals surface area (Å²) in [7, 11) is 0. The van der Waals surface area contributed by atoms with Gasteiger partial charge < -0.3 is 0 Å². The molecule has 1 aliphatic heterocycles. The average Bonchev–Trinajstić information content (AvgIpc) is 2.28. The van der Waals surface area contributed by atoms with E-state index >= 15 is 0 Å². The number of halogens is 3. The van der Waals surface area contributed by atoms with Crippen LogP contribution in [0.4, 0.5) is 13.2 Å². The first-order valence-electron chi connectivity index (χ1n) is 7.08. The highest BCUT2D eigenvalue weighted by atomic mass is 19.4. The summed E-state index contributed by atoms with van der Waals surface area (Å²) in [5.74, 6) is -1.12. The molecule has 2 rings (SSSR count). The Morgan fingerprint density at radius 3 is 2.26 bits per heavy atom. The van der Waals surface area contributed by atoms with Gasteiger partial charge in [-0.3, -0.25) is 4.90 Å². The van der Waals surface area contributed by atoms with Crippen LogP contribution < -0.4 is 0 Å². The van der Waals surface area contributed by atoms with Gasteiger partial charge in [0, 0.05) is 25.6 Å². The number of alkyl halides is 3. The van der Waals surface area contributed by atoms with Gasteiger partial charge in [-0.15, -0.1) is 0 Å². The monoisotopic (exact) mass is 274 g/mol. The molecule has 0 spiro atoms. The molecule has 0 atom stereocenters. The zero-order chi connectivity index (χ0) is 14.1. The number of nitrogens with zero attached hydrogens (tertiary/aromatic N) is 2. The van der Waals surface area contributed by atoms with Gasteiger partial charge in [0.2, 0.25) is 0 Å². The average molecular weight is 274 g/mol. The highest BCUT2D eigenvalue weighted by molar-refractivity contribution is 4.96. The van der Waals surface area contributed by atoms with Crippen LogP contribution in [0.2, 0.25) is 0 Å². The van der Waals surface area contributed by atoms with Crippen LogP contribution in [0.15, 0.2) is 0 Å². The minimum atomic E-state index is -4.03. The topological polar surface area (TPSA) is 27.0 Å². The molecule has 0 bridgehead atoms. The lowest BCUT2D eigenvalue weighted by Crippen LogP contribution is -2.58. The zero-order valence-corrected chi connectivity index (χ0v) is 11.3. The molecule has 0 radical (unpaired) electrons. The minimum absolute atomic E-state index is 0.125. The van der Waals surface area contributed by atoms with E-state index in [0.717, 1.165) is 32.1 Å². The van der Waals surface area contributed by atoms with E-state index in [0.29, 0.717) is 12.5 Å². The molecular formula is C14H21F3N2. The maximum absolute atomic E-state index is 12.5. The van der Waals surface area contributed by atoms with Crippen molar-refractivity contribution in [3.05, 3.63) is 0 Å². The lowest BCUT2D eigenvalue weighted by Gasteiger charge is -2.49. The van der Waals surface area contributed by atoms with Crippen LogP contribution in [-0.2, 0) is 0 Å². The van der Waals surface area contributed by atoms with Gasteiger partial charge in [-0.1, -0.05) is 6.92 Å². The summed E-state index contributed by atoms with van der Waals surface area (Å²) in [6.07, 6.45) is 1.41. The molecule has 0 aromatic carbocycles. The molecular weight excluding hydrogens is 253 g/mol. The van der Waals surface area contributed by atoms with Crippen molar-refractivity contribution in [2.75, 3.05) is 13.1 Å². The molecule has 1 saturated heterocycles. The van der Waals surface area contributed by atoms with E-state index in [-0.39, 0.29) is 18.5 Å². The van der Waals surface area contributed by atoms with Gasteiger partial charge in [-0.25, -0.2) is 0 Å². The molecule has 1 saturated carbocycles. The number of hydrogen-bond donors (Lipinski definition) is 0. The van der Waals surface area contributed by atoms with Crippen molar-refractivity contribution in [1.29, 1.82) is 5.26 Å². The van der Waals surface area contributed by atoms with Crippen LogP contribution in [-0.4, -0.2) is 30.2 Å². The first-order chi connectivity index (χ1) is 8.90. The SMILES string of the molecule is CC[C@]1(CC#N)CC[C@H](N2CC(C(F)(F)F)C2)CC1. The van der Waals surface area contributed by atoms with Crippen LogP contribution in [0.5, 0.6) is 0 Å². The molecule has 0 aromatic heterocycles. The van der Waals surface area contributed by atoms with Crippen molar-refractivity contribution in [2.24, 2.45) is 11.3 Å². The Bertz CT molecular complexity index is 345. The largest absolute Gasteiger partial charge is 0.394 e. The van der Waals surface area contributed by atoms with Crippen molar-refractivity contribution in [3.63, 3.8) is 0 Å². The third-order valence-corrected chi connectivity index (χ3v) is 5.11.